The van der Waals surface area contributed by atoms with Crippen LogP contribution in [-0.2, 0) is 4.79 Å². The molecule has 0 aromatic heterocycles. The van der Waals surface area contributed by atoms with Gasteiger partial charge in [0, 0.05) is 5.56 Å². The maximum atomic E-state index is 13.5. The summed E-state index contributed by atoms with van der Waals surface area (Å²) in [5.41, 5.74) is 6.06. The van der Waals surface area contributed by atoms with Gasteiger partial charge >= 0.3 is 0 Å². The highest BCUT2D eigenvalue weighted by Crippen LogP contribution is 2.42. The van der Waals surface area contributed by atoms with Crippen LogP contribution in [0.4, 0.5) is 11.4 Å². The summed E-state index contributed by atoms with van der Waals surface area (Å²) in [6.45, 7) is 8.04. The summed E-state index contributed by atoms with van der Waals surface area (Å²) in [5.74, 6) is -1.85. The number of carbonyl (C=O) groups is 1. The first-order valence-electron chi connectivity index (χ1n) is 10.4. The smallest absolute Gasteiger partial charge is 0.271 e. The molecule has 1 aliphatic heterocycles. The SMILES string of the molecule is Cc1ccc(N=C2SC(=Cc3ccc(O)c(O)c3O)C(=O)N2c2ccc(C)c(C)c2)cc1C. The maximum Gasteiger partial charge on any atom is 0.271 e. The minimum absolute atomic E-state index is 0.216. The Morgan fingerprint density at radius 3 is 2.15 bits per heavy atom. The van der Waals surface area contributed by atoms with Crippen molar-refractivity contribution in [3.63, 3.8) is 0 Å². The molecule has 0 spiro atoms. The van der Waals surface area contributed by atoms with Crippen molar-refractivity contribution in [2.45, 2.75) is 27.7 Å². The number of aromatic hydroxyl groups is 3. The topological polar surface area (TPSA) is 93.4 Å². The molecule has 33 heavy (non-hydrogen) atoms. The number of nitrogens with zero attached hydrogens (tertiary/aromatic N) is 2. The van der Waals surface area contributed by atoms with Crippen LogP contribution in [0.5, 0.6) is 17.2 Å². The number of hydrogen-bond acceptors (Lipinski definition) is 6. The highest BCUT2D eigenvalue weighted by atomic mass is 32.2. The number of phenols is 3. The Kier molecular flexibility index (Phi) is 5.91. The predicted molar refractivity (Wildman–Crippen MR) is 133 cm³/mol. The summed E-state index contributed by atoms with van der Waals surface area (Å²) >= 11 is 1.18. The molecule has 0 aliphatic carbocycles. The van der Waals surface area contributed by atoms with Crippen LogP contribution in [0.3, 0.4) is 0 Å². The standard InChI is InChI=1S/C26H24N2O4S/c1-14-5-8-19(11-16(14)3)27-26-28(20-9-6-15(2)17(4)12-20)25(32)22(33-26)13-18-7-10-21(29)24(31)23(18)30/h5-13,29-31H,1-4H3. The number of phenolic OH excluding ortho intramolecular Hbond substituents is 3. The van der Waals surface area contributed by atoms with Gasteiger partial charge in [0.15, 0.2) is 16.7 Å². The summed E-state index contributed by atoms with van der Waals surface area (Å²) < 4.78 is 0. The Labute approximate surface area is 196 Å². The fourth-order valence-corrected chi connectivity index (χ4v) is 4.38. The van der Waals surface area contributed by atoms with Crippen molar-refractivity contribution in [1.29, 1.82) is 0 Å². The second-order valence-electron chi connectivity index (χ2n) is 8.05. The molecule has 0 atom stereocenters. The van der Waals surface area contributed by atoms with E-state index >= 15 is 0 Å². The molecule has 168 valence electrons. The van der Waals surface area contributed by atoms with Crippen LogP contribution >= 0.6 is 11.8 Å². The molecule has 1 heterocycles. The summed E-state index contributed by atoms with van der Waals surface area (Å²) in [7, 11) is 0. The van der Waals surface area contributed by atoms with E-state index in [9.17, 15) is 20.1 Å². The molecular formula is C26H24N2O4S. The molecule has 0 unspecified atom stereocenters. The van der Waals surface area contributed by atoms with Crippen molar-refractivity contribution in [3.05, 3.63) is 81.3 Å². The van der Waals surface area contributed by atoms with Crippen LogP contribution in [0.2, 0.25) is 0 Å². The number of amides is 1. The first-order valence-corrected chi connectivity index (χ1v) is 11.2. The van der Waals surface area contributed by atoms with Gasteiger partial charge in [-0.15, -0.1) is 0 Å². The van der Waals surface area contributed by atoms with Gasteiger partial charge in [0.05, 0.1) is 16.3 Å². The number of rotatable bonds is 3. The van der Waals surface area contributed by atoms with Crippen LogP contribution < -0.4 is 4.90 Å². The molecule has 3 aromatic carbocycles. The van der Waals surface area contributed by atoms with Gasteiger partial charge in [0.1, 0.15) is 0 Å². The second-order valence-corrected chi connectivity index (χ2v) is 9.06. The van der Waals surface area contributed by atoms with Gasteiger partial charge in [-0.2, -0.15) is 0 Å². The zero-order valence-corrected chi connectivity index (χ0v) is 19.6. The van der Waals surface area contributed by atoms with E-state index in [4.69, 9.17) is 4.99 Å². The number of anilines is 1. The average molecular weight is 461 g/mol. The third-order valence-electron chi connectivity index (χ3n) is 5.72. The zero-order valence-electron chi connectivity index (χ0n) is 18.7. The monoisotopic (exact) mass is 460 g/mol. The van der Waals surface area contributed by atoms with Crippen molar-refractivity contribution >= 4 is 40.3 Å². The summed E-state index contributed by atoms with van der Waals surface area (Å²) in [6.07, 6.45) is 1.48. The fourth-order valence-electron chi connectivity index (χ4n) is 3.39. The van der Waals surface area contributed by atoms with Gasteiger partial charge in [-0.1, -0.05) is 12.1 Å². The molecule has 4 rings (SSSR count). The number of aryl methyl sites for hydroxylation is 4. The lowest BCUT2D eigenvalue weighted by atomic mass is 10.1. The molecule has 1 saturated heterocycles. The number of amidine groups is 1. The van der Waals surface area contributed by atoms with Crippen LogP contribution in [0, 0.1) is 27.7 Å². The van der Waals surface area contributed by atoms with E-state index in [-0.39, 0.29) is 11.5 Å². The van der Waals surface area contributed by atoms with E-state index in [0.717, 1.165) is 27.9 Å². The molecule has 3 aromatic rings. The lowest BCUT2D eigenvalue weighted by Crippen LogP contribution is -2.28. The quantitative estimate of drug-likeness (QED) is 0.337. The molecule has 1 aliphatic rings. The van der Waals surface area contributed by atoms with E-state index < -0.39 is 17.2 Å². The lowest BCUT2D eigenvalue weighted by Gasteiger charge is -2.17. The molecule has 0 radical (unpaired) electrons. The van der Waals surface area contributed by atoms with Crippen LogP contribution in [-0.4, -0.2) is 26.4 Å². The van der Waals surface area contributed by atoms with Gasteiger partial charge in [0.25, 0.3) is 5.91 Å². The van der Waals surface area contributed by atoms with Crippen molar-refractivity contribution in [1.82, 2.24) is 0 Å². The van der Waals surface area contributed by atoms with E-state index in [2.05, 4.69) is 0 Å². The fraction of sp³-hybridized carbons (Fsp3) is 0.154. The number of carbonyl (C=O) groups excluding carboxylic acids is 1. The first-order chi connectivity index (χ1) is 15.7. The highest BCUT2D eigenvalue weighted by Gasteiger charge is 2.35. The third-order valence-corrected chi connectivity index (χ3v) is 6.69. The number of thioether (sulfide) groups is 1. The van der Waals surface area contributed by atoms with E-state index in [0.29, 0.717) is 15.8 Å². The molecule has 1 fully saturated rings. The first kappa shape index (κ1) is 22.5. The summed E-state index contributed by atoms with van der Waals surface area (Å²) in [6, 6.07) is 14.3. The molecular weight excluding hydrogens is 436 g/mol. The van der Waals surface area contributed by atoms with Gasteiger partial charge in [-0.05, 0) is 104 Å². The molecule has 0 saturated carbocycles. The van der Waals surface area contributed by atoms with Crippen LogP contribution in [0.25, 0.3) is 6.08 Å². The van der Waals surface area contributed by atoms with E-state index in [1.54, 1.807) is 4.90 Å². The normalized spacial score (nSPS) is 16.2. The molecule has 7 heteroatoms. The van der Waals surface area contributed by atoms with Crippen molar-refractivity contribution in [2.75, 3.05) is 4.90 Å². The number of aliphatic imine (C=N–C) groups is 1. The van der Waals surface area contributed by atoms with Crippen molar-refractivity contribution in [2.24, 2.45) is 4.99 Å². The second kappa shape index (κ2) is 8.67. The van der Waals surface area contributed by atoms with Gasteiger partial charge in [-0.3, -0.25) is 9.69 Å². The highest BCUT2D eigenvalue weighted by molar-refractivity contribution is 8.19. The largest absolute Gasteiger partial charge is 0.504 e. The number of hydrogen-bond donors (Lipinski definition) is 3. The summed E-state index contributed by atoms with van der Waals surface area (Å²) in [4.78, 5) is 20.1. The molecule has 0 bridgehead atoms. The Bertz CT molecular complexity index is 1340. The Morgan fingerprint density at radius 2 is 1.48 bits per heavy atom. The lowest BCUT2D eigenvalue weighted by molar-refractivity contribution is -0.113. The van der Waals surface area contributed by atoms with Crippen molar-refractivity contribution in [3.8, 4) is 17.2 Å². The van der Waals surface area contributed by atoms with Gasteiger partial charge in [-0.25, -0.2) is 4.99 Å². The Hall–Kier alpha value is -3.71. The van der Waals surface area contributed by atoms with Gasteiger partial charge < -0.3 is 15.3 Å². The zero-order chi connectivity index (χ0) is 23.9. The van der Waals surface area contributed by atoms with E-state index in [1.165, 1.54) is 30.0 Å². The average Bonchev–Trinajstić information content (AvgIpc) is 3.07. The third kappa shape index (κ3) is 4.32. The minimum Gasteiger partial charge on any atom is -0.504 e. The van der Waals surface area contributed by atoms with Gasteiger partial charge in [0.2, 0.25) is 5.75 Å². The minimum atomic E-state index is -0.630. The predicted octanol–water partition coefficient (Wildman–Crippen LogP) is 5.85. The molecule has 1 amide bonds. The van der Waals surface area contributed by atoms with Crippen LogP contribution in [0.15, 0.2) is 58.4 Å². The van der Waals surface area contributed by atoms with E-state index in [1.807, 2.05) is 64.1 Å². The molecule has 3 N–H and O–H groups in total. The molecule has 6 nitrogen and oxygen atoms in total. The Morgan fingerprint density at radius 1 is 0.818 bits per heavy atom. The number of benzene rings is 3. The Balaban J connectivity index is 1.83. The van der Waals surface area contributed by atoms with Crippen LogP contribution in [0.1, 0.15) is 27.8 Å². The maximum absolute atomic E-state index is 13.5. The summed E-state index contributed by atoms with van der Waals surface area (Å²) in [5, 5.41) is 30.1. The van der Waals surface area contributed by atoms with Crippen molar-refractivity contribution < 1.29 is 20.1 Å².